The second-order valence-electron chi connectivity index (χ2n) is 11.0. The summed E-state index contributed by atoms with van der Waals surface area (Å²) in [4.78, 5) is 18.8. The standard InChI is InChI=1S/C34H34F4N6OS/c1-3-23(2)15-16-41-44(33(46)42-28-9-6-8-27(35)18-28)32(45)29(17-26-7-4-5-10-30(26)34(36,37)38)31-20-40-22-43(31)21-25-13-11-24(19-39)12-14-25/h4-14,18,20,22-23,29,41H,3,15-17,21H2,1-2H3,(H,42,46)/t23-,29?/m0/s1. The summed E-state index contributed by atoms with van der Waals surface area (Å²) in [5, 5.41) is 13.1. The molecular weight excluding hydrogens is 616 g/mol. The molecule has 4 rings (SSSR count). The minimum Gasteiger partial charge on any atom is -0.331 e. The Hall–Kier alpha value is -4.60. The molecule has 0 aliphatic rings. The Morgan fingerprint density at radius 2 is 1.85 bits per heavy atom. The van der Waals surface area contributed by atoms with Crippen LogP contribution in [0.5, 0.6) is 0 Å². The zero-order valence-electron chi connectivity index (χ0n) is 25.4. The highest BCUT2D eigenvalue weighted by molar-refractivity contribution is 7.80. The largest absolute Gasteiger partial charge is 0.416 e. The van der Waals surface area contributed by atoms with Gasteiger partial charge in [-0.3, -0.25) is 4.79 Å². The van der Waals surface area contributed by atoms with Gasteiger partial charge in [0.15, 0.2) is 5.11 Å². The second kappa shape index (κ2) is 15.6. The summed E-state index contributed by atoms with van der Waals surface area (Å²) in [5.74, 6) is -1.95. The normalized spacial score (nSPS) is 12.6. The van der Waals surface area contributed by atoms with Crippen LogP contribution in [0.3, 0.4) is 0 Å². The molecule has 240 valence electrons. The maximum Gasteiger partial charge on any atom is 0.416 e. The van der Waals surface area contributed by atoms with E-state index in [2.05, 4.69) is 28.7 Å². The molecule has 2 N–H and O–H groups in total. The van der Waals surface area contributed by atoms with Crippen molar-refractivity contribution in [3.63, 3.8) is 0 Å². The Kier molecular flexibility index (Phi) is 11.6. The molecule has 1 aromatic heterocycles. The van der Waals surface area contributed by atoms with Gasteiger partial charge in [0, 0.05) is 25.0 Å². The average Bonchev–Trinajstić information content (AvgIpc) is 3.49. The van der Waals surface area contributed by atoms with E-state index < -0.39 is 29.4 Å². The minimum absolute atomic E-state index is 0.0666. The SMILES string of the molecule is CC[C@H](C)CCNN(C(=O)C(Cc1ccccc1C(F)(F)F)c1cncn1Cc1ccc(C#N)cc1)C(=S)Nc1cccc(F)c1. The Bertz CT molecular complexity index is 1680. The Balaban J connectivity index is 1.75. The van der Waals surface area contributed by atoms with E-state index in [9.17, 15) is 22.4 Å². The molecular formula is C34H34F4N6OS. The fraction of sp³-hybridized carbons (Fsp3) is 0.294. The zero-order chi connectivity index (χ0) is 33.3. The van der Waals surface area contributed by atoms with Gasteiger partial charge in [0.2, 0.25) is 0 Å². The number of nitrogens with one attached hydrogen (secondary N) is 2. The van der Waals surface area contributed by atoms with E-state index in [1.807, 2.05) is 6.92 Å². The Morgan fingerprint density at radius 1 is 1.11 bits per heavy atom. The highest BCUT2D eigenvalue weighted by atomic mass is 32.1. The van der Waals surface area contributed by atoms with Crippen LogP contribution in [0.25, 0.3) is 0 Å². The van der Waals surface area contributed by atoms with Crippen molar-refractivity contribution in [3.8, 4) is 6.07 Å². The van der Waals surface area contributed by atoms with Gasteiger partial charge in [-0.2, -0.15) is 18.4 Å². The number of nitrogens with zero attached hydrogens (tertiary/aromatic N) is 4. The minimum atomic E-state index is -4.64. The number of carbonyl (C=O) groups excluding carboxylic acids is 1. The molecule has 0 aliphatic carbocycles. The first kappa shape index (κ1) is 34.3. The van der Waals surface area contributed by atoms with Crippen molar-refractivity contribution in [3.05, 3.63) is 119 Å². The van der Waals surface area contributed by atoms with Crippen LogP contribution in [-0.4, -0.2) is 32.1 Å². The zero-order valence-corrected chi connectivity index (χ0v) is 26.2. The number of aromatic nitrogens is 2. The quantitative estimate of drug-likeness (QED) is 0.0941. The summed E-state index contributed by atoms with van der Waals surface area (Å²) in [6, 6.07) is 19.6. The lowest BCUT2D eigenvalue weighted by Gasteiger charge is -2.30. The van der Waals surface area contributed by atoms with Crippen LogP contribution in [0.1, 0.15) is 60.6 Å². The van der Waals surface area contributed by atoms with Gasteiger partial charge in [-0.05, 0) is 78.5 Å². The highest BCUT2D eigenvalue weighted by Gasteiger charge is 2.37. The van der Waals surface area contributed by atoms with E-state index in [1.54, 1.807) is 34.9 Å². The number of hydrazine groups is 1. The molecule has 0 saturated carbocycles. The number of rotatable bonds is 12. The summed E-state index contributed by atoms with van der Waals surface area (Å²) in [7, 11) is 0. The lowest BCUT2D eigenvalue weighted by atomic mass is 9.92. The third-order valence-corrected chi connectivity index (χ3v) is 7.97. The van der Waals surface area contributed by atoms with Crippen LogP contribution in [0.2, 0.25) is 0 Å². The van der Waals surface area contributed by atoms with Crippen molar-refractivity contribution in [1.82, 2.24) is 20.0 Å². The highest BCUT2D eigenvalue weighted by Crippen LogP contribution is 2.35. The number of nitriles is 1. The number of thiocarbonyl (C=S) groups is 1. The van der Waals surface area contributed by atoms with E-state index in [-0.39, 0.29) is 23.6 Å². The monoisotopic (exact) mass is 650 g/mol. The number of halogens is 4. The first-order valence-electron chi connectivity index (χ1n) is 14.8. The third kappa shape index (κ3) is 8.99. The summed E-state index contributed by atoms with van der Waals surface area (Å²) >= 11 is 5.62. The van der Waals surface area contributed by atoms with E-state index in [1.165, 1.54) is 48.9 Å². The molecule has 12 heteroatoms. The van der Waals surface area contributed by atoms with Crippen molar-refractivity contribution >= 4 is 28.9 Å². The number of anilines is 1. The van der Waals surface area contributed by atoms with E-state index >= 15 is 0 Å². The smallest absolute Gasteiger partial charge is 0.331 e. The molecule has 1 amide bonds. The topological polar surface area (TPSA) is 86.0 Å². The fourth-order valence-corrected chi connectivity index (χ4v) is 5.20. The number of hydrogen-bond donors (Lipinski definition) is 2. The predicted octanol–water partition coefficient (Wildman–Crippen LogP) is 7.45. The maximum atomic E-state index is 14.5. The molecule has 0 aliphatic heterocycles. The molecule has 0 spiro atoms. The van der Waals surface area contributed by atoms with E-state index in [0.29, 0.717) is 35.8 Å². The molecule has 7 nitrogen and oxygen atoms in total. The summed E-state index contributed by atoms with van der Waals surface area (Å²) in [6.45, 7) is 4.71. The number of benzene rings is 3. The number of imidazole rings is 1. The van der Waals surface area contributed by atoms with E-state index in [0.717, 1.165) is 23.1 Å². The molecule has 4 aromatic rings. The van der Waals surface area contributed by atoms with Crippen LogP contribution >= 0.6 is 12.2 Å². The van der Waals surface area contributed by atoms with Crippen molar-refractivity contribution in [2.75, 3.05) is 11.9 Å². The number of carbonyl (C=O) groups is 1. The van der Waals surface area contributed by atoms with Crippen molar-refractivity contribution in [1.29, 1.82) is 5.26 Å². The number of alkyl halides is 3. The molecule has 0 saturated heterocycles. The van der Waals surface area contributed by atoms with Crippen molar-refractivity contribution < 1.29 is 22.4 Å². The first-order valence-corrected chi connectivity index (χ1v) is 15.2. The molecule has 1 heterocycles. The van der Waals surface area contributed by atoms with Gasteiger partial charge in [0.1, 0.15) is 5.82 Å². The summed E-state index contributed by atoms with van der Waals surface area (Å²) < 4.78 is 58.0. The lowest BCUT2D eigenvalue weighted by molar-refractivity contribution is -0.139. The number of hydrogen-bond acceptors (Lipinski definition) is 5. The molecule has 0 fully saturated rings. The Morgan fingerprint density at radius 3 is 2.52 bits per heavy atom. The fourth-order valence-electron chi connectivity index (χ4n) is 4.93. The van der Waals surface area contributed by atoms with E-state index in [4.69, 9.17) is 17.5 Å². The number of amides is 1. The van der Waals surface area contributed by atoms with Gasteiger partial charge in [0.25, 0.3) is 5.91 Å². The first-order chi connectivity index (χ1) is 22.0. The molecule has 1 unspecified atom stereocenters. The van der Waals surface area contributed by atoms with Gasteiger partial charge >= 0.3 is 6.18 Å². The van der Waals surface area contributed by atoms with Crippen molar-refractivity contribution in [2.24, 2.45) is 5.92 Å². The van der Waals surface area contributed by atoms with Gasteiger partial charge in [-0.15, -0.1) is 0 Å². The molecule has 3 aromatic carbocycles. The van der Waals surface area contributed by atoms with Gasteiger partial charge in [-0.1, -0.05) is 56.7 Å². The average molecular weight is 651 g/mol. The van der Waals surface area contributed by atoms with Crippen molar-refractivity contribution in [2.45, 2.75) is 51.7 Å². The summed E-state index contributed by atoms with van der Waals surface area (Å²) in [6.07, 6.45) is -0.376. The maximum absolute atomic E-state index is 14.5. The van der Waals surface area contributed by atoms with Gasteiger partial charge in [-0.25, -0.2) is 19.8 Å². The third-order valence-electron chi connectivity index (χ3n) is 7.69. The predicted molar refractivity (Wildman–Crippen MR) is 172 cm³/mol. The van der Waals surface area contributed by atoms with Gasteiger partial charge in [0.05, 0.1) is 35.1 Å². The molecule has 2 atom stereocenters. The van der Waals surface area contributed by atoms with Crippen LogP contribution in [0, 0.1) is 23.1 Å². The summed E-state index contributed by atoms with van der Waals surface area (Å²) in [5.41, 5.74) is 4.11. The van der Waals surface area contributed by atoms with Crippen LogP contribution < -0.4 is 10.7 Å². The molecule has 46 heavy (non-hydrogen) atoms. The molecule has 0 bridgehead atoms. The van der Waals surface area contributed by atoms with Crippen LogP contribution in [-0.2, 0) is 23.9 Å². The molecule has 0 radical (unpaired) electrons. The van der Waals surface area contributed by atoms with Crippen LogP contribution in [0.4, 0.5) is 23.2 Å². The van der Waals surface area contributed by atoms with Gasteiger partial charge < -0.3 is 9.88 Å². The lowest BCUT2D eigenvalue weighted by Crippen LogP contribution is -2.51. The second-order valence-corrected chi connectivity index (χ2v) is 11.4. The Labute approximate surface area is 270 Å². The van der Waals surface area contributed by atoms with Crippen LogP contribution in [0.15, 0.2) is 85.3 Å².